The summed E-state index contributed by atoms with van der Waals surface area (Å²) >= 11 is 0. The summed E-state index contributed by atoms with van der Waals surface area (Å²) in [5, 5.41) is 27.6. The third kappa shape index (κ3) is 3.05. The fourth-order valence-electron chi connectivity index (χ4n) is 2.87. The fourth-order valence-corrected chi connectivity index (χ4v) is 4.08. The van der Waals surface area contributed by atoms with Crippen molar-refractivity contribution < 1.29 is 27.2 Å². The van der Waals surface area contributed by atoms with Crippen LogP contribution in [-0.2, 0) is 9.73 Å². The minimum atomic E-state index is -4.20. The second-order valence-corrected chi connectivity index (χ2v) is 8.17. The zero-order valence-electron chi connectivity index (χ0n) is 14.1. The van der Waals surface area contributed by atoms with Gasteiger partial charge in [-0.2, -0.15) is 19.3 Å². The molecule has 3 atom stereocenters. The molecule has 1 aromatic carbocycles. The Labute approximate surface area is 157 Å². The molecule has 7 nitrogen and oxygen atoms in total. The number of fused-ring (bicyclic) bond motifs is 1. The molecule has 0 radical (unpaired) electrons. The minimum absolute atomic E-state index is 0.0233. The minimum Gasteiger partial charge on any atom is -0.455 e. The Morgan fingerprint density at radius 3 is 2.68 bits per heavy atom. The molecule has 0 saturated heterocycles. The van der Waals surface area contributed by atoms with Gasteiger partial charge in [-0.3, -0.25) is 4.98 Å². The van der Waals surface area contributed by atoms with Gasteiger partial charge in [0.2, 0.25) is 6.19 Å². The zero-order chi connectivity index (χ0) is 20.7. The Balaban J connectivity index is 2.24. The second-order valence-electron chi connectivity index (χ2n) is 5.95. The molecule has 2 aromatic rings. The predicted molar refractivity (Wildman–Crippen MR) is 89.6 cm³/mol. The Morgan fingerprint density at radius 2 is 2.04 bits per heavy atom. The maximum Gasteiger partial charge on any atom is 0.312 e. The van der Waals surface area contributed by atoms with Crippen molar-refractivity contribution >= 4 is 9.73 Å². The first-order valence-corrected chi connectivity index (χ1v) is 9.55. The van der Waals surface area contributed by atoms with E-state index in [1.165, 1.54) is 24.7 Å². The standard InChI is InChI=1S/C17H11F3N4O3S/c1-28(26,24-8-22)12-3-2-11(27-10-4-9(5-21)6-23-7-10)13-14(12)16(25)17(19,20)15(13)18/h2-4,6-7,15-16,25H,1H3/t15-,16+,28?/m1/s1. The number of ether oxygens (including phenoxy) is 1. The molecule has 11 heteroatoms. The maximum absolute atomic E-state index is 14.6. The maximum atomic E-state index is 14.6. The van der Waals surface area contributed by atoms with Crippen LogP contribution in [0.2, 0.25) is 0 Å². The molecule has 144 valence electrons. The van der Waals surface area contributed by atoms with E-state index in [2.05, 4.69) is 9.35 Å². The lowest BCUT2D eigenvalue weighted by atomic mass is 10.1. The lowest BCUT2D eigenvalue weighted by Crippen LogP contribution is -2.24. The number of nitriles is 2. The Hall–Kier alpha value is -3.15. The van der Waals surface area contributed by atoms with Crippen molar-refractivity contribution in [2.24, 2.45) is 4.36 Å². The van der Waals surface area contributed by atoms with E-state index in [1.54, 1.807) is 0 Å². The molecule has 1 N–H and O–H groups in total. The molecule has 1 aliphatic carbocycles. The summed E-state index contributed by atoms with van der Waals surface area (Å²) in [4.78, 5) is 3.37. The van der Waals surface area contributed by atoms with Crippen LogP contribution in [0.3, 0.4) is 0 Å². The number of benzene rings is 1. The summed E-state index contributed by atoms with van der Waals surface area (Å²) in [5.74, 6) is -4.60. The van der Waals surface area contributed by atoms with Crippen molar-refractivity contribution in [3.8, 4) is 23.8 Å². The zero-order valence-corrected chi connectivity index (χ0v) is 15.0. The number of alkyl halides is 3. The van der Waals surface area contributed by atoms with Crippen molar-refractivity contribution in [2.75, 3.05) is 6.26 Å². The van der Waals surface area contributed by atoms with Gasteiger partial charge in [0.25, 0.3) is 0 Å². The average Bonchev–Trinajstić information content (AvgIpc) is 2.83. The second kappa shape index (κ2) is 6.78. The molecule has 0 amide bonds. The predicted octanol–water partition coefficient (Wildman–Crippen LogP) is 3.38. The van der Waals surface area contributed by atoms with Gasteiger partial charge in [0, 0.05) is 29.6 Å². The largest absolute Gasteiger partial charge is 0.455 e. The van der Waals surface area contributed by atoms with E-state index < -0.39 is 39.1 Å². The molecule has 0 bridgehead atoms. The van der Waals surface area contributed by atoms with E-state index in [0.29, 0.717) is 0 Å². The van der Waals surface area contributed by atoms with Gasteiger partial charge in [0.05, 0.1) is 26.4 Å². The van der Waals surface area contributed by atoms with Crippen LogP contribution >= 0.6 is 0 Å². The first-order chi connectivity index (χ1) is 13.1. The molecule has 1 aromatic heterocycles. The number of hydrogen-bond acceptors (Lipinski definition) is 7. The van der Waals surface area contributed by atoms with Gasteiger partial charge in [-0.05, 0) is 12.1 Å². The third-order valence-corrected chi connectivity index (χ3v) is 5.73. The van der Waals surface area contributed by atoms with Crippen LogP contribution in [-0.4, -0.2) is 26.5 Å². The summed E-state index contributed by atoms with van der Waals surface area (Å²) in [6.07, 6.45) is -0.777. The SMILES string of the molecule is CS(=O)(=NC#N)c1ccc(Oc2cncc(C#N)c2)c2c1[C@H](O)C(F)(F)[C@@H]2F. The van der Waals surface area contributed by atoms with Crippen LogP contribution in [0.4, 0.5) is 13.2 Å². The molecule has 0 fully saturated rings. The molecular formula is C17H11F3N4O3S. The van der Waals surface area contributed by atoms with Crippen molar-refractivity contribution in [1.82, 2.24) is 4.98 Å². The average molecular weight is 408 g/mol. The normalized spacial score (nSPS) is 21.7. The van der Waals surface area contributed by atoms with Crippen molar-refractivity contribution in [3.05, 3.63) is 47.3 Å². The lowest BCUT2D eigenvalue weighted by molar-refractivity contribution is -0.143. The number of aromatic nitrogens is 1. The Morgan fingerprint density at radius 1 is 1.32 bits per heavy atom. The fraction of sp³-hybridized carbons (Fsp3) is 0.235. The van der Waals surface area contributed by atoms with Crippen LogP contribution in [0.1, 0.15) is 29.0 Å². The van der Waals surface area contributed by atoms with E-state index in [0.717, 1.165) is 18.4 Å². The highest BCUT2D eigenvalue weighted by atomic mass is 32.2. The molecule has 1 heterocycles. The summed E-state index contributed by atoms with van der Waals surface area (Å²) in [5.41, 5.74) is -1.21. The third-order valence-electron chi connectivity index (χ3n) is 4.13. The highest BCUT2D eigenvalue weighted by Crippen LogP contribution is 2.57. The van der Waals surface area contributed by atoms with E-state index in [1.807, 2.05) is 6.07 Å². The van der Waals surface area contributed by atoms with Crippen molar-refractivity contribution in [3.63, 3.8) is 0 Å². The van der Waals surface area contributed by atoms with E-state index in [-0.39, 0.29) is 22.0 Å². The van der Waals surface area contributed by atoms with Gasteiger partial charge in [-0.15, -0.1) is 4.36 Å². The van der Waals surface area contributed by atoms with Gasteiger partial charge < -0.3 is 9.84 Å². The Kier molecular flexibility index (Phi) is 4.75. The van der Waals surface area contributed by atoms with E-state index in [9.17, 15) is 22.5 Å². The first-order valence-electron chi connectivity index (χ1n) is 7.63. The van der Waals surface area contributed by atoms with Gasteiger partial charge in [-0.1, -0.05) is 0 Å². The highest BCUT2D eigenvalue weighted by Gasteiger charge is 2.58. The van der Waals surface area contributed by atoms with E-state index in [4.69, 9.17) is 15.3 Å². The molecule has 28 heavy (non-hydrogen) atoms. The van der Waals surface area contributed by atoms with E-state index >= 15 is 0 Å². The molecule has 0 aliphatic heterocycles. The van der Waals surface area contributed by atoms with Crippen LogP contribution in [0.5, 0.6) is 11.5 Å². The van der Waals surface area contributed by atoms with Crippen molar-refractivity contribution in [2.45, 2.75) is 23.1 Å². The smallest absolute Gasteiger partial charge is 0.312 e. The van der Waals surface area contributed by atoms with Gasteiger partial charge >= 0.3 is 5.92 Å². The topological polar surface area (TPSA) is 119 Å². The summed E-state index contributed by atoms with van der Waals surface area (Å²) in [6, 6.07) is 5.25. The number of pyridine rings is 1. The lowest BCUT2D eigenvalue weighted by Gasteiger charge is -2.16. The molecule has 3 rings (SSSR count). The molecular weight excluding hydrogens is 397 g/mol. The number of hydrogen-bond donors (Lipinski definition) is 1. The van der Waals surface area contributed by atoms with Crippen LogP contribution in [0, 0.1) is 22.8 Å². The summed E-state index contributed by atoms with van der Waals surface area (Å²) in [7, 11) is -3.50. The molecule has 0 spiro atoms. The van der Waals surface area contributed by atoms with Crippen LogP contribution in [0.15, 0.2) is 39.9 Å². The number of aliphatic hydroxyl groups excluding tert-OH is 1. The number of aliphatic hydroxyl groups is 1. The monoisotopic (exact) mass is 408 g/mol. The number of nitrogens with zero attached hydrogens (tertiary/aromatic N) is 4. The van der Waals surface area contributed by atoms with Crippen molar-refractivity contribution in [1.29, 1.82) is 10.5 Å². The quantitative estimate of drug-likeness (QED) is 0.778. The highest BCUT2D eigenvalue weighted by molar-refractivity contribution is 7.93. The van der Waals surface area contributed by atoms with Gasteiger partial charge in [-0.25, -0.2) is 8.60 Å². The van der Waals surface area contributed by atoms with Crippen LogP contribution < -0.4 is 4.74 Å². The molecule has 0 saturated carbocycles. The molecule has 1 unspecified atom stereocenters. The molecule has 1 aliphatic rings. The Bertz CT molecular complexity index is 1160. The van der Waals surface area contributed by atoms with Gasteiger partial charge in [0.1, 0.15) is 23.7 Å². The summed E-state index contributed by atoms with van der Waals surface area (Å²) < 4.78 is 64.2. The summed E-state index contributed by atoms with van der Waals surface area (Å²) in [6.45, 7) is 0. The van der Waals surface area contributed by atoms with Crippen LogP contribution in [0.25, 0.3) is 0 Å². The first kappa shape index (κ1) is 19.6. The number of rotatable bonds is 3. The number of halogens is 3. The van der Waals surface area contributed by atoms with Gasteiger partial charge in [0.15, 0.2) is 6.17 Å².